The number of hydrogen-bond donors (Lipinski definition) is 2. The maximum absolute atomic E-state index is 4.75. The third-order valence-electron chi connectivity index (χ3n) is 5.24. The summed E-state index contributed by atoms with van der Waals surface area (Å²) in [4.78, 5) is 13.7. The van der Waals surface area contributed by atoms with Crippen molar-refractivity contribution in [3.63, 3.8) is 0 Å². The number of hydrogen-bond acceptors (Lipinski definition) is 5. The van der Waals surface area contributed by atoms with Gasteiger partial charge in [0.2, 0.25) is 5.95 Å². The minimum absolute atomic E-state index is 0.461. The smallest absolute Gasteiger partial charge is 0.225 e. The van der Waals surface area contributed by atoms with Gasteiger partial charge < -0.3 is 10.6 Å². The third kappa shape index (κ3) is 4.08. The first-order valence-corrected chi connectivity index (χ1v) is 9.58. The standard InChI is InChI=1S/C22H25N5/c1-15-7-5-11-19(16(15)2)25-21-13-20(17-8-6-12-23-14-17)26-22(27-21)24-18-9-3-4-10-18/h5-8,11-14,18H,3-4,9-10H2,1-2H3,(H2,24,25,26,27). The summed E-state index contributed by atoms with van der Waals surface area (Å²) < 4.78 is 0. The summed E-state index contributed by atoms with van der Waals surface area (Å²) in [6, 6.07) is 12.7. The average molecular weight is 359 g/mol. The number of pyridine rings is 1. The zero-order valence-corrected chi connectivity index (χ0v) is 15.9. The summed E-state index contributed by atoms with van der Waals surface area (Å²) in [7, 11) is 0. The van der Waals surface area contributed by atoms with E-state index in [9.17, 15) is 0 Å². The Morgan fingerprint density at radius 2 is 1.85 bits per heavy atom. The first-order chi connectivity index (χ1) is 13.2. The number of benzene rings is 1. The predicted octanol–water partition coefficient (Wildman–Crippen LogP) is 5.25. The van der Waals surface area contributed by atoms with Crippen molar-refractivity contribution in [3.05, 3.63) is 59.9 Å². The molecule has 0 spiro atoms. The van der Waals surface area contributed by atoms with Gasteiger partial charge in [-0.25, -0.2) is 4.98 Å². The van der Waals surface area contributed by atoms with Crippen LogP contribution in [-0.4, -0.2) is 21.0 Å². The normalized spacial score (nSPS) is 14.3. The van der Waals surface area contributed by atoms with Crippen molar-refractivity contribution in [2.45, 2.75) is 45.6 Å². The van der Waals surface area contributed by atoms with E-state index in [4.69, 9.17) is 9.97 Å². The molecule has 3 aromatic rings. The van der Waals surface area contributed by atoms with Gasteiger partial charge in [0.15, 0.2) is 0 Å². The van der Waals surface area contributed by atoms with Gasteiger partial charge in [0.25, 0.3) is 0 Å². The van der Waals surface area contributed by atoms with Crippen LogP contribution in [0.5, 0.6) is 0 Å². The van der Waals surface area contributed by atoms with Crippen LogP contribution in [0.2, 0.25) is 0 Å². The summed E-state index contributed by atoms with van der Waals surface area (Å²) in [5.41, 5.74) is 5.40. The number of rotatable bonds is 5. The minimum Gasteiger partial charge on any atom is -0.351 e. The first-order valence-electron chi connectivity index (χ1n) is 9.58. The Bertz CT molecular complexity index is 917. The molecule has 1 aliphatic carbocycles. The van der Waals surface area contributed by atoms with Crippen LogP contribution in [0.1, 0.15) is 36.8 Å². The number of anilines is 3. The highest BCUT2D eigenvalue weighted by atomic mass is 15.2. The summed E-state index contributed by atoms with van der Waals surface area (Å²) in [6.45, 7) is 4.24. The lowest BCUT2D eigenvalue weighted by atomic mass is 10.1. The lowest BCUT2D eigenvalue weighted by Gasteiger charge is -2.16. The monoisotopic (exact) mass is 359 g/mol. The molecule has 1 fully saturated rings. The molecular weight excluding hydrogens is 334 g/mol. The maximum Gasteiger partial charge on any atom is 0.225 e. The SMILES string of the molecule is Cc1cccc(Nc2cc(-c3cccnc3)nc(NC3CCCC3)n2)c1C. The van der Waals surface area contributed by atoms with Gasteiger partial charge in [-0.2, -0.15) is 4.98 Å². The van der Waals surface area contributed by atoms with E-state index in [1.54, 1.807) is 6.20 Å². The summed E-state index contributed by atoms with van der Waals surface area (Å²) in [5, 5.41) is 7.00. The van der Waals surface area contributed by atoms with Crippen LogP contribution in [0.4, 0.5) is 17.5 Å². The molecule has 0 saturated heterocycles. The molecule has 5 heteroatoms. The Morgan fingerprint density at radius 3 is 2.63 bits per heavy atom. The van der Waals surface area contributed by atoms with Crippen LogP contribution in [0, 0.1) is 13.8 Å². The van der Waals surface area contributed by atoms with Gasteiger partial charge in [-0.05, 0) is 56.0 Å². The molecule has 2 aromatic heterocycles. The van der Waals surface area contributed by atoms with Crippen molar-refractivity contribution in [3.8, 4) is 11.3 Å². The van der Waals surface area contributed by atoms with Gasteiger partial charge in [-0.15, -0.1) is 0 Å². The molecule has 0 unspecified atom stereocenters. The van der Waals surface area contributed by atoms with Gasteiger partial charge in [0, 0.05) is 35.8 Å². The molecule has 0 radical (unpaired) electrons. The third-order valence-corrected chi connectivity index (χ3v) is 5.24. The van der Waals surface area contributed by atoms with Crippen molar-refractivity contribution in [1.82, 2.24) is 15.0 Å². The molecule has 0 aliphatic heterocycles. The second-order valence-electron chi connectivity index (χ2n) is 7.20. The molecule has 1 aliphatic rings. The van der Waals surface area contributed by atoms with Gasteiger partial charge in [0.1, 0.15) is 5.82 Å². The van der Waals surface area contributed by atoms with Crippen molar-refractivity contribution in [2.24, 2.45) is 0 Å². The van der Waals surface area contributed by atoms with Crippen LogP contribution >= 0.6 is 0 Å². The van der Waals surface area contributed by atoms with E-state index in [0.717, 1.165) is 22.8 Å². The molecule has 5 nitrogen and oxygen atoms in total. The molecule has 138 valence electrons. The lowest BCUT2D eigenvalue weighted by molar-refractivity contribution is 0.744. The molecular formula is C22H25N5. The fraction of sp³-hybridized carbons (Fsp3) is 0.318. The van der Waals surface area contributed by atoms with Gasteiger partial charge in [-0.1, -0.05) is 25.0 Å². The van der Waals surface area contributed by atoms with Crippen molar-refractivity contribution in [1.29, 1.82) is 0 Å². The predicted molar refractivity (Wildman–Crippen MR) is 110 cm³/mol. The van der Waals surface area contributed by atoms with E-state index in [2.05, 4.69) is 47.7 Å². The Morgan fingerprint density at radius 1 is 1.00 bits per heavy atom. The highest BCUT2D eigenvalue weighted by molar-refractivity contribution is 5.68. The van der Waals surface area contributed by atoms with Crippen molar-refractivity contribution >= 4 is 17.5 Å². The second-order valence-corrected chi connectivity index (χ2v) is 7.20. The van der Waals surface area contributed by atoms with Crippen LogP contribution in [-0.2, 0) is 0 Å². The highest BCUT2D eigenvalue weighted by Crippen LogP contribution is 2.27. The van der Waals surface area contributed by atoms with Crippen LogP contribution in [0.15, 0.2) is 48.8 Å². The topological polar surface area (TPSA) is 62.7 Å². The van der Waals surface area contributed by atoms with E-state index in [1.165, 1.54) is 36.8 Å². The van der Waals surface area contributed by atoms with E-state index in [-0.39, 0.29) is 0 Å². The summed E-state index contributed by atoms with van der Waals surface area (Å²) in [6.07, 6.45) is 8.52. The number of nitrogens with one attached hydrogen (secondary N) is 2. The van der Waals surface area contributed by atoms with Crippen LogP contribution < -0.4 is 10.6 Å². The maximum atomic E-state index is 4.75. The van der Waals surface area contributed by atoms with E-state index >= 15 is 0 Å². The van der Waals surface area contributed by atoms with Gasteiger partial charge in [-0.3, -0.25) is 4.98 Å². The highest BCUT2D eigenvalue weighted by Gasteiger charge is 2.17. The first kappa shape index (κ1) is 17.5. The Hall–Kier alpha value is -2.95. The average Bonchev–Trinajstić information content (AvgIpc) is 3.19. The number of aryl methyl sites for hydroxylation is 1. The minimum atomic E-state index is 0.461. The van der Waals surface area contributed by atoms with Crippen molar-refractivity contribution < 1.29 is 0 Å². The lowest BCUT2D eigenvalue weighted by Crippen LogP contribution is -2.17. The molecule has 1 saturated carbocycles. The molecule has 2 N–H and O–H groups in total. The van der Waals surface area contributed by atoms with E-state index in [0.29, 0.717) is 12.0 Å². The number of aromatic nitrogens is 3. The molecule has 0 bridgehead atoms. The Kier molecular flexibility index (Phi) is 5.01. The fourth-order valence-electron chi connectivity index (χ4n) is 3.52. The largest absolute Gasteiger partial charge is 0.351 e. The fourth-order valence-corrected chi connectivity index (χ4v) is 3.52. The number of nitrogens with zero attached hydrogens (tertiary/aromatic N) is 3. The molecule has 0 amide bonds. The van der Waals surface area contributed by atoms with Crippen molar-refractivity contribution in [2.75, 3.05) is 10.6 Å². The quantitative estimate of drug-likeness (QED) is 0.651. The van der Waals surface area contributed by atoms with Gasteiger partial charge in [0.05, 0.1) is 5.69 Å². The van der Waals surface area contributed by atoms with Crippen LogP contribution in [0.3, 0.4) is 0 Å². The Labute approximate surface area is 160 Å². The molecule has 1 aromatic carbocycles. The van der Waals surface area contributed by atoms with Gasteiger partial charge >= 0.3 is 0 Å². The molecule has 27 heavy (non-hydrogen) atoms. The summed E-state index contributed by atoms with van der Waals surface area (Å²) >= 11 is 0. The second kappa shape index (κ2) is 7.74. The molecule has 4 rings (SSSR count). The van der Waals surface area contributed by atoms with E-state index in [1.807, 2.05) is 24.4 Å². The molecule has 0 atom stereocenters. The zero-order valence-electron chi connectivity index (χ0n) is 15.9. The summed E-state index contributed by atoms with van der Waals surface area (Å²) in [5.74, 6) is 1.47. The Balaban J connectivity index is 1.69. The molecule has 2 heterocycles. The van der Waals surface area contributed by atoms with E-state index < -0.39 is 0 Å². The zero-order chi connectivity index (χ0) is 18.6. The van der Waals surface area contributed by atoms with Crippen LogP contribution in [0.25, 0.3) is 11.3 Å².